The van der Waals surface area contributed by atoms with Crippen molar-refractivity contribution in [3.05, 3.63) is 12.2 Å². The molecule has 0 fully saturated rings. The molecule has 1 rings (SSSR count). The van der Waals surface area contributed by atoms with E-state index < -0.39 is 70.5 Å². The van der Waals surface area contributed by atoms with Crippen LogP contribution in [-0.2, 0) is 43.0 Å². The zero-order chi connectivity index (χ0) is 33.2. The van der Waals surface area contributed by atoms with Gasteiger partial charge >= 0.3 is 18.0 Å². The van der Waals surface area contributed by atoms with Crippen molar-refractivity contribution in [2.75, 3.05) is 13.1 Å². The topological polar surface area (TPSA) is 187 Å². The van der Waals surface area contributed by atoms with Crippen LogP contribution in [0.4, 0.5) is 4.79 Å². The van der Waals surface area contributed by atoms with Crippen LogP contribution >= 0.6 is 0 Å². The van der Waals surface area contributed by atoms with Crippen LogP contribution in [0.15, 0.2) is 12.2 Å². The number of imide groups is 1. The van der Waals surface area contributed by atoms with Gasteiger partial charge < -0.3 is 30.2 Å². The van der Waals surface area contributed by atoms with E-state index in [-0.39, 0.29) is 38.8 Å². The molecule has 0 saturated heterocycles. The molecule has 14 heteroatoms. The number of carbonyl (C=O) groups excluding carboxylic acids is 7. The summed E-state index contributed by atoms with van der Waals surface area (Å²) in [6, 6.07) is -2.57. The number of carbonyl (C=O) groups is 7. The molecule has 0 aromatic heterocycles. The number of hydrogen-bond acceptors (Lipinski definition) is 10. The second-order valence-corrected chi connectivity index (χ2v) is 13.0. The summed E-state index contributed by atoms with van der Waals surface area (Å²) in [7, 11) is 0. The van der Waals surface area contributed by atoms with Crippen molar-refractivity contribution >= 4 is 41.7 Å². The van der Waals surface area contributed by atoms with Crippen molar-refractivity contribution in [1.29, 1.82) is 0 Å². The summed E-state index contributed by atoms with van der Waals surface area (Å²) in [6.45, 7) is 14.9. The first-order valence-electron chi connectivity index (χ1n) is 14.1. The lowest BCUT2D eigenvalue weighted by Crippen LogP contribution is -2.53. The first-order chi connectivity index (χ1) is 19.6. The summed E-state index contributed by atoms with van der Waals surface area (Å²) >= 11 is 0. The summed E-state index contributed by atoms with van der Waals surface area (Å²) in [4.78, 5) is 87.9. The highest BCUT2D eigenvalue weighted by molar-refractivity contribution is 6.12. The number of rotatable bonds is 13. The summed E-state index contributed by atoms with van der Waals surface area (Å²) < 4.78 is 16.0. The second kappa shape index (κ2) is 15.5. The third-order valence-corrected chi connectivity index (χ3v) is 5.29. The van der Waals surface area contributed by atoms with Gasteiger partial charge in [-0.3, -0.25) is 28.9 Å². The lowest BCUT2D eigenvalue weighted by atomic mass is 10.1. The molecule has 2 unspecified atom stereocenters. The van der Waals surface area contributed by atoms with E-state index in [0.29, 0.717) is 0 Å². The zero-order valence-electron chi connectivity index (χ0n) is 26.6. The number of hydrogen-bond donors (Lipinski definition) is 3. The van der Waals surface area contributed by atoms with E-state index in [4.69, 9.17) is 14.2 Å². The molecule has 1 heterocycles. The van der Waals surface area contributed by atoms with Gasteiger partial charge in [0, 0.05) is 38.1 Å². The summed E-state index contributed by atoms with van der Waals surface area (Å²) in [6.07, 6.45) is 0.579. The highest BCUT2D eigenvalue weighted by atomic mass is 16.6. The van der Waals surface area contributed by atoms with Crippen molar-refractivity contribution in [1.82, 2.24) is 20.9 Å². The van der Waals surface area contributed by atoms with E-state index in [2.05, 4.69) is 16.0 Å². The lowest BCUT2D eigenvalue weighted by molar-refractivity contribution is -0.160. The Hall–Kier alpha value is -3.97. The maximum atomic E-state index is 13.3. The summed E-state index contributed by atoms with van der Waals surface area (Å²) in [5, 5.41) is 7.51. The van der Waals surface area contributed by atoms with E-state index >= 15 is 0 Å². The molecule has 1 aliphatic rings. The number of esters is 2. The molecule has 1 aliphatic heterocycles. The maximum Gasteiger partial charge on any atom is 0.408 e. The number of ether oxygens (including phenoxy) is 3. The number of amides is 5. The van der Waals surface area contributed by atoms with Crippen LogP contribution < -0.4 is 16.0 Å². The summed E-state index contributed by atoms with van der Waals surface area (Å²) in [5.74, 6) is -3.66. The minimum atomic E-state index is -1.31. The van der Waals surface area contributed by atoms with E-state index in [0.717, 1.165) is 17.1 Å². The molecule has 43 heavy (non-hydrogen) atoms. The molecule has 3 N–H and O–H groups in total. The number of nitrogens with one attached hydrogen (secondary N) is 3. The van der Waals surface area contributed by atoms with Gasteiger partial charge in [-0.15, -0.1) is 0 Å². The van der Waals surface area contributed by atoms with E-state index in [1.807, 2.05) is 0 Å². The van der Waals surface area contributed by atoms with Gasteiger partial charge in [0.2, 0.25) is 11.8 Å². The van der Waals surface area contributed by atoms with Gasteiger partial charge in [0.15, 0.2) is 0 Å². The maximum absolute atomic E-state index is 13.3. The molecule has 2 atom stereocenters. The number of alkyl carbamates (subject to hydrolysis) is 1. The van der Waals surface area contributed by atoms with E-state index in [1.165, 1.54) is 0 Å². The normalized spacial score (nSPS) is 15.0. The minimum absolute atomic E-state index is 0.0142. The van der Waals surface area contributed by atoms with Gasteiger partial charge in [-0.05, 0) is 75.2 Å². The van der Waals surface area contributed by atoms with Gasteiger partial charge in [0.25, 0.3) is 11.8 Å². The molecule has 5 amide bonds. The third kappa shape index (κ3) is 15.7. The van der Waals surface area contributed by atoms with Gasteiger partial charge in [0.05, 0.1) is 0 Å². The average molecular weight is 611 g/mol. The van der Waals surface area contributed by atoms with Gasteiger partial charge in [-0.1, -0.05) is 0 Å². The molecule has 0 aromatic carbocycles. The molecule has 0 radical (unpaired) electrons. The minimum Gasteiger partial charge on any atom is -0.460 e. The van der Waals surface area contributed by atoms with Crippen LogP contribution in [0.5, 0.6) is 0 Å². The average Bonchev–Trinajstić information content (AvgIpc) is 3.12. The molecular weight excluding hydrogens is 564 g/mol. The Bertz CT molecular complexity index is 1080. The van der Waals surface area contributed by atoms with Gasteiger partial charge in [-0.25, -0.2) is 9.59 Å². The quantitative estimate of drug-likeness (QED) is 0.157. The molecule has 0 saturated carbocycles. The first-order valence-corrected chi connectivity index (χ1v) is 14.1. The Kier molecular flexibility index (Phi) is 13.3. The number of nitrogens with zero attached hydrogens (tertiary/aromatic N) is 1. The van der Waals surface area contributed by atoms with Crippen LogP contribution in [0.3, 0.4) is 0 Å². The molecular formula is C29H46N4O10. The van der Waals surface area contributed by atoms with Gasteiger partial charge in [0.1, 0.15) is 28.9 Å². The van der Waals surface area contributed by atoms with Crippen LogP contribution in [0.1, 0.15) is 88.0 Å². The Morgan fingerprint density at radius 2 is 1.23 bits per heavy atom. The van der Waals surface area contributed by atoms with Crippen LogP contribution in [0.2, 0.25) is 0 Å². The lowest BCUT2D eigenvalue weighted by Gasteiger charge is -2.27. The van der Waals surface area contributed by atoms with Crippen LogP contribution in [0.25, 0.3) is 0 Å². The van der Waals surface area contributed by atoms with Gasteiger partial charge in [-0.2, -0.15) is 0 Å². The second-order valence-electron chi connectivity index (χ2n) is 13.0. The fourth-order valence-corrected chi connectivity index (χ4v) is 3.59. The Morgan fingerprint density at radius 3 is 1.74 bits per heavy atom. The first kappa shape index (κ1) is 37.1. The Labute approximate surface area is 252 Å². The Balaban J connectivity index is 2.97. The fourth-order valence-electron chi connectivity index (χ4n) is 3.59. The molecule has 242 valence electrons. The molecule has 0 aromatic rings. The van der Waals surface area contributed by atoms with Crippen molar-refractivity contribution in [2.24, 2.45) is 0 Å². The Morgan fingerprint density at radius 1 is 0.721 bits per heavy atom. The van der Waals surface area contributed by atoms with Crippen molar-refractivity contribution in [3.63, 3.8) is 0 Å². The standard InChI is InChI=1S/C29H46N4O10/c1-27(2,3)41-23(37)15-11-19(25(39)42-28(4,5)6)31-24(38)18(32-26(40)43-29(7,8)9)10-12-20(34)30-16-17-33-21(35)13-14-22(33)36/h13-14,18-19H,10-12,15-17H2,1-9H3,(H,30,34)(H,31,38)(H,32,40). The summed E-state index contributed by atoms with van der Waals surface area (Å²) in [5.41, 5.74) is -2.52. The fraction of sp³-hybridized carbons (Fsp3) is 0.690. The van der Waals surface area contributed by atoms with Crippen molar-refractivity contribution in [3.8, 4) is 0 Å². The molecule has 0 aliphatic carbocycles. The highest BCUT2D eigenvalue weighted by Crippen LogP contribution is 2.15. The highest BCUT2D eigenvalue weighted by Gasteiger charge is 2.32. The third-order valence-electron chi connectivity index (χ3n) is 5.29. The predicted octanol–water partition coefficient (Wildman–Crippen LogP) is 1.65. The van der Waals surface area contributed by atoms with E-state index in [9.17, 15) is 33.6 Å². The monoisotopic (exact) mass is 610 g/mol. The molecule has 0 bridgehead atoms. The van der Waals surface area contributed by atoms with Crippen LogP contribution in [0, 0.1) is 0 Å². The van der Waals surface area contributed by atoms with Crippen LogP contribution in [-0.4, -0.2) is 88.5 Å². The zero-order valence-corrected chi connectivity index (χ0v) is 26.6. The van der Waals surface area contributed by atoms with E-state index in [1.54, 1.807) is 62.3 Å². The SMILES string of the molecule is CC(C)(C)OC(=O)CCC(NC(=O)C(CCC(=O)NCCN1C(=O)C=CC1=O)NC(=O)OC(C)(C)C)C(=O)OC(C)(C)C. The largest absolute Gasteiger partial charge is 0.460 e. The predicted molar refractivity (Wildman–Crippen MR) is 154 cm³/mol. The van der Waals surface area contributed by atoms with Crippen molar-refractivity contribution < 1.29 is 47.8 Å². The van der Waals surface area contributed by atoms with Crippen molar-refractivity contribution in [2.45, 2.75) is 117 Å². The molecule has 14 nitrogen and oxygen atoms in total. The molecule has 0 spiro atoms. The smallest absolute Gasteiger partial charge is 0.408 e.